The molecule has 0 unspecified atom stereocenters. The van der Waals surface area contributed by atoms with Crippen molar-refractivity contribution in [2.75, 3.05) is 11.1 Å². The summed E-state index contributed by atoms with van der Waals surface area (Å²) in [5.74, 6) is 1.52. The van der Waals surface area contributed by atoms with Gasteiger partial charge in [0.25, 0.3) is 0 Å². The van der Waals surface area contributed by atoms with Crippen LogP contribution in [0.1, 0.15) is 66.7 Å². The second-order valence-electron chi connectivity index (χ2n) is 8.22. The second-order valence-corrected chi connectivity index (χ2v) is 9.16. The number of hydrogen-bond acceptors (Lipinski definition) is 5. The minimum Gasteiger partial charge on any atom is -0.325 e. The SMILES string of the molecule is CC(=O)c1cccc(NC(=O)CSc2nnc(C3CCCCC3)n2Cc2ccccc2)c1. The Hall–Kier alpha value is -2.93. The first-order valence-electron chi connectivity index (χ1n) is 11.1. The predicted molar refractivity (Wildman–Crippen MR) is 127 cm³/mol. The average molecular weight is 449 g/mol. The monoisotopic (exact) mass is 448 g/mol. The van der Waals surface area contributed by atoms with Crippen LogP contribution in [-0.2, 0) is 11.3 Å². The van der Waals surface area contributed by atoms with Crippen molar-refractivity contribution < 1.29 is 9.59 Å². The first kappa shape index (κ1) is 22.3. The lowest BCUT2D eigenvalue weighted by atomic mass is 9.88. The normalized spacial score (nSPS) is 14.3. The van der Waals surface area contributed by atoms with Gasteiger partial charge >= 0.3 is 0 Å². The topological polar surface area (TPSA) is 76.9 Å². The summed E-state index contributed by atoms with van der Waals surface area (Å²) in [6, 6.07) is 17.3. The molecule has 0 bridgehead atoms. The third-order valence-electron chi connectivity index (χ3n) is 5.78. The van der Waals surface area contributed by atoms with Gasteiger partial charge in [-0.15, -0.1) is 10.2 Å². The highest BCUT2D eigenvalue weighted by atomic mass is 32.2. The molecule has 6 nitrogen and oxygen atoms in total. The lowest BCUT2D eigenvalue weighted by molar-refractivity contribution is -0.113. The van der Waals surface area contributed by atoms with Crippen molar-refractivity contribution in [3.63, 3.8) is 0 Å². The summed E-state index contributed by atoms with van der Waals surface area (Å²) in [5.41, 5.74) is 2.39. The van der Waals surface area contributed by atoms with E-state index < -0.39 is 0 Å². The minimum absolute atomic E-state index is 0.0280. The number of nitrogens with zero attached hydrogens (tertiary/aromatic N) is 3. The summed E-state index contributed by atoms with van der Waals surface area (Å²) in [4.78, 5) is 24.2. The summed E-state index contributed by atoms with van der Waals surface area (Å²) >= 11 is 1.40. The smallest absolute Gasteiger partial charge is 0.234 e. The van der Waals surface area contributed by atoms with E-state index in [4.69, 9.17) is 0 Å². The molecule has 2 aromatic carbocycles. The van der Waals surface area contributed by atoms with Gasteiger partial charge in [0.15, 0.2) is 10.9 Å². The van der Waals surface area contributed by atoms with Gasteiger partial charge in [0, 0.05) is 17.2 Å². The van der Waals surface area contributed by atoms with E-state index in [1.165, 1.54) is 43.5 Å². The molecule has 166 valence electrons. The Balaban J connectivity index is 1.47. The van der Waals surface area contributed by atoms with Crippen LogP contribution < -0.4 is 5.32 Å². The molecule has 1 fully saturated rings. The molecule has 0 saturated heterocycles. The highest BCUT2D eigenvalue weighted by Crippen LogP contribution is 2.33. The summed E-state index contributed by atoms with van der Waals surface area (Å²) in [5, 5.41) is 12.7. The van der Waals surface area contributed by atoms with Crippen molar-refractivity contribution in [1.82, 2.24) is 14.8 Å². The zero-order valence-corrected chi connectivity index (χ0v) is 19.1. The van der Waals surface area contributed by atoms with E-state index in [0.29, 0.717) is 23.7 Å². The van der Waals surface area contributed by atoms with E-state index in [1.807, 2.05) is 18.2 Å². The molecule has 1 saturated carbocycles. The van der Waals surface area contributed by atoms with Crippen LogP contribution in [0.25, 0.3) is 0 Å². The Morgan fingerprint density at radius 1 is 1.03 bits per heavy atom. The second kappa shape index (κ2) is 10.6. The average Bonchev–Trinajstić information content (AvgIpc) is 3.21. The Bertz CT molecular complexity index is 1070. The highest BCUT2D eigenvalue weighted by Gasteiger charge is 2.24. The molecule has 1 aliphatic carbocycles. The lowest BCUT2D eigenvalue weighted by Crippen LogP contribution is -2.16. The van der Waals surface area contributed by atoms with Gasteiger partial charge in [0.05, 0.1) is 12.3 Å². The van der Waals surface area contributed by atoms with E-state index >= 15 is 0 Å². The molecule has 1 N–H and O–H groups in total. The number of anilines is 1. The molecule has 1 amide bonds. The standard InChI is InChI=1S/C25H28N4O2S/c1-18(30)21-13-8-14-22(15-21)26-23(31)17-32-25-28-27-24(20-11-6-3-7-12-20)29(25)16-19-9-4-2-5-10-19/h2,4-5,8-10,13-15,20H,3,6-7,11-12,16-17H2,1H3,(H,26,31). The van der Waals surface area contributed by atoms with Crippen LogP contribution in [0.5, 0.6) is 0 Å². The first-order chi connectivity index (χ1) is 15.6. The summed E-state index contributed by atoms with van der Waals surface area (Å²) in [7, 11) is 0. The van der Waals surface area contributed by atoms with Gasteiger partial charge in [-0.05, 0) is 37.5 Å². The number of nitrogens with one attached hydrogen (secondary N) is 1. The van der Waals surface area contributed by atoms with Gasteiger partial charge in [-0.1, -0.05) is 73.5 Å². The Labute approximate surface area is 192 Å². The number of thioether (sulfide) groups is 1. The highest BCUT2D eigenvalue weighted by molar-refractivity contribution is 7.99. The van der Waals surface area contributed by atoms with Crippen molar-refractivity contribution in [3.8, 4) is 0 Å². The lowest BCUT2D eigenvalue weighted by Gasteiger charge is -2.22. The number of aromatic nitrogens is 3. The van der Waals surface area contributed by atoms with Gasteiger partial charge in [-0.3, -0.25) is 9.59 Å². The van der Waals surface area contributed by atoms with E-state index in [1.54, 1.807) is 24.3 Å². The molecule has 0 spiro atoms. The molecular weight excluding hydrogens is 420 g/mol. The molecular formula is C25H28N4O2S. The summed E-state index contributed by atoms with van der Waals surface area (Å²) in [6.45, 7) is 2.21. The number of rotatable bonds is 8. The van der Waals surface area contributed by atoms with Gasteiger partial charge in [0.2, 0.25) is 5.91 Å². The van der Waals surface area contributed by atoms with Gasteiger partial charge in [-0.2, -0.15) is 0 Å². The number of ketones is 1. The number of carbonyl (C=O) groups excluding carboxylic acids is 2. The number of Topliss-reactive ketones (excluding diaryl/α,β-unsaturated/α-hetero) is 1. The molecule has 32 heavy (non-hydrogen) atoms. The quantitative estimate of drug-likeness (QED) is 0.373. The maximum absolute atomic E-state index is 12.6. The Morgan fingerprint density at radius 2 is 1.81 bits per heavy atom. The zero-order valence-electron chi connectivity index (χ0n) is 18.3. The van der Waals surface area contributed by atoms with E-state index in [9.17, 15) is 9.59 Å². The Morgan fingerprint density at radius 3 is 2.56 bits per heavy atom. The third-order valence-corrected chi connectivity index (χ3v) is 6.75. The van der Waals surface area contributed by atoms with Gasteiger partial charge in [0.1, 0.15) is 5.82 Å². The number of carbonyl (C=O) groups is 2. The van der Waals surface area contributed by atoms with E-state index in [-0.39, 0.29) is 17.4 Å². The van der Waals surface area contributed by atoms with Crippen molar-refractivity contribution in [3.05, 3.63) is 71.5 Å². The van der Waals surface area contributed by atoms with Crippen molar-refractivity contribution >= 4 is 29.1 Å². The molecule has 1 aliphatic rings. The first-order valence-corrected chi connectivity index (χ1v) is 12.1. The van der Waals surface area contributed by atoms with Gasteiger partial charge in [-0.25, -0.2) is 0 Å². The fraction of sp³-hybridized carbons (Fsp3) is 0.360. The molecule has 1 heterocycles. The fourth-order valence-electron chi connectivity index (χ4n) is 4.13. The summed E-state index contributed by atoms with van der Waals surface area (Å²) in [6.07, 6.45) is 6.03. The maximum Gasteiger partial charge on any atom is 0.234 e. The van der Waals surface area contributed by atoms with Crippen LogP contribution in [0, 0.1) is 0 Å². The van der Waals surface area contributed by atoms with Crippen LogP contribution >= 0.6 is 11.8 Å². The number of benzene rings is 2. The molecule has 0 aliphatic heterocycles. The maximum atomic E-state index is 12.6. The zero-order chi connectivity index (χ0) is 22.3. The molecule has 4 rings (SSSR count). The number of hydrogen-bond donors (Lipinski definition) is 1. The van der Waals surface area contributed by atoms with Crippen LogP contribution in [-0.4, -0.2) is 32.2 Å². The van der Waals surface area contributed by atoms with Crippen molar-refractivity contribution in [1.29, 1.82) is 0 Å². The molecule has 0 radical (unpaired) electrons. The minimum atomic E-state index is -0.135. The fourth-order valence-corrected chi connectivity index (χ4v) is 4.87. The van der Waals surface area contributed by atoms with Crippen LogP contribution in [0.15, 0.2) is 59.8 Å². The molecule has 3 aromatic rings. The third kappa shape index (κ3) is 5.65. The molecule has 7 heteroatoms. The van der Waals surface area contributed by atoms with Crippen molar-refractivity contribution in [2.45, 2.75) is 56.6 Å². The van der Waals surface area contributed by atoms with Crippen LogP contribution in [0.3, 0.4) is 0 Å². The number of amides is 1. The largest absolute Gasteiger partial charge is 0.325 e. The summed E-state index contributed by atoms with van der Waals surface area (Å²) < 4.78 is 2.18. The molecule has 0 atom stereocenters. The van der Waals surface area contributed by atoms with Gasteiger partial charge < -0.3 is 9.88 Å². The van der Waals surface area contributed by atoms with Crippen LogP contribution in [0.4, 0.5) is 5.69 Å². The van der Waals surface area contributed by atoms with Crippen LogP contribution in [0.2, 0.25) is 0 Å². The van der Waals surface area contributed by atoms with E-state index in [2.05, 4.69) is 32.2 Å². The Kier molecular flexibility index (Phi) is 7.37. The van der Waals surface area contributed by atoms with Crippen molar-refractivity contribution in [2.24, 2.45) is 0 Å². The van der Waals surface area contributed by atoms with E-state index in [0.717, 1.165) is 23.8 Å². The molecule has 1 aromatic heterocycles. The predicted octanol–water partition coefficient (Wildman–Crippen LogP) is 5.31.